The summed E-state index contributed by atoms with van der Waals surface area (Å²) in [6.07, 6.45) is -1.22. The minimum Gasteiger partial charge on any atom is -0.446 e. The third-order valence-electron chi connectivity index (χ3n) is 4.42. The van der Waals surface area contributed by atoms with Crippen molar-refractivity contribution >= 4 is 23.5 Å². The van der Waals surface area contributed by atoms with Crippen molar-refractivity contribution in [2.24, 2.45) is 0 Å². The highest BCUT2D eigenvalue weighted by Crippen LogP contribution is 2.20. The Morgan fingerprint density at radius 1 is 0.903 bits per heavy atom. The summed E-state index contributed by atoms with van der Waals surface area (Å²) in [4.78, 5) is 37.2. The van der Waals surface area contributed by atoms with Crippen molar-refractivity contribution in [3.63, 3.8) is 0 Å². The fourth-order valence-corrected chi connectivity index (χ4v) is 2.81. The number of hydrogen-bond acceptors (Lipinski definition) is 4. The fourth-order valence-electron chi connectivity index (χ4n) is 2.81. The molecular formula is C24H21FN2O4. The smallest absolute Gasteiger partial charge is 0.326 e. The zero-order chi connectivity index (χ0) is 22.2. The van der Waals surface area contributed by atoms with E-state index in [1.807, 2.05) is 19.1 Å². The van der Waals surface area contributed by atoms with Crippen molar-refractivity contribution in [2.45, 2.75) is 13.0 Å². The maximum Gasteiger partial charge on any atom is 0.326 e. The van der Waals surface area contributed by atoms with Gasteiger partial charge < -0.3 is 15.4 Å². The number of halogens is 1. The van der Waals surface area contributed by atoms with Crippen molar-refractivity contribution in [3.05, 3.63) is 101 Å². The minimum absolute atomic E-state index is 0.188. The molecule has 7 heteroatoms. The largest absolute Gasteiger partial charge is 0.446 e. The predicted octanol–water partition coefficient (Wildman–Crippen LogP) is 3.79. The summed E-state index contributed by atoms with van der Waals surface area (Å²) < 4.78 is 19.1. The van der Waals surface area contributed by atoms with Gasteiger partial charge in [0.05, 0.1) is 5.56 Å². The average molecular weight is 420 g/mol. The Kier molecular flexibility index (Phi) is 7.11. The molecular weight excluding hydrogens is 399 g/mol. The highest BCUT2D eigenvalue weighted by molar-refractivity contribution is 5.98. The average Bonchev–Trinajstić information content (AvgIpc) is 2.78. The number of amides is 2. The summed E-state index contributed by atoms with van der Waals surface area (Å²) in [6, 6.07) is 21.1. The van der Waals surface area contributed by atoms with Gasteiger partial charge in [0.1, 0.15) is 12.4 Å². The van der Waals surface area contributed by atoms with Gasteiger partial charge in [-0.05, 0) is 31.2 Å². The molecule has 0 saturated carbocycles. The van der Waals surface area contributed by atoms with Crippen molar-refractivity contribution in [3.8, 4) is 0 Å². The van der Waals surface area contributed by atoms with Gasteiger partial charge in [0.15, 0.2) is 0 Å². The van der Waals surface area contributed by atoms with E-state index in [-0.39, 0.29) is 5.56 Å². The van der Waals surface area contributed by atoms with E-state index in [1.165, 1.54) is 18.2 Å². The molecule has 31 heavy (non-hydrogen) atoms. The fraction of sp³-hybridized carbons (Fsp3) is 0.125. The monoisotopic (exact) mass is 420 g/mol. The second-order valence-corrected chi connectivity index (χ2v) is 6.80. The summed E-state index contributed by atoms with van der Waals surface area (Å²) in [5.41, 5.74) is 1.88. The number of anilines is 1. The number of esters is 1. The molecule has 0 aliphatic heterocycles. The molecule has 3 aromatic carbocycles. The SMILES string of the molecule is Cc1ccc(NC(=O)C(OC(=O)CNC(=O)c2ccccc2F)c2ccccc2)cc1. The van der Waals surface area contributed by atoms with Crippen LogP contribution in [-0.4, -0.2) is 24.3 Å². The Labute approximate surface area is 179 Å². The van der Waals surface area contributed by atoms with Crippen LogP contribution in [0, 0.1) is 12.7 Å². The molecule has 0 spiro atoms. The normalized spacial score (nSPS) is 11.3. The van der Waals surface area contributed by atoms with E-state index >= 15 is 0 Å². The second-order valence-electron chi connectivity index (χ2n) is 6.80. The zero-order valence-electron chi connectivity index (χ0n) is 16.8. The van der Waals surface area contributed by atoms with Crippen LogP contribution in [0.25, 0.3) is 0 Å². The lowest BCUT2D eigenvalue weighted by Crippen LogP contribution is -2.34. The molecule has 1 atom stereocenters. The molecule has 0 aliphatic rings. The second kappa shape index (κ2) is 10.2. The highest BCUT2D eigenvalue weighted by Gasteiger charge is 2.25. The number of aryl methyl sites for hydroxylation is 1. The van der Waals surface area contributed by atoms with Crippen LogP contribution < -0.4 is 10.6 Å². The molecule has 0 aliphatic carbocycles. The van der Waals surface area contributed by atoms with Crippen molar-refractivity contribution in [2.75, 3.05) is 11.9 Å². The summed E-state index contributed by atoms with van der Waals surface area (Å²) in [5.74, 6) is -2.83. The summed E-state index contributed by atoms with van der Waals surface area (Å²) in [6.45, 7) is 1.41. The van der Waals surface area contributed by atoms with Crippen LogP contribution in [0.4, 0.5) is 10.1 Å². The van der Waals surface area contributed by atoms with E-state index in [2.05, 4.69) is 10.6 Å². The van der Waals surface area contributed by atoms with Crippen LogP contribution in [0.2, 0.25) is 0 Å². The maximum atomic E-state index is 13.7. The summed E-state index contributed by atoms with van der Waals surface area (Å²) >= 11 is 0. The number of rotatable bonds is 7. The zero-order valence-corrected chi connectivity index (χ0v) is 16.8. The van der Waals surface area contributed by atoms with Crippen molar-refractivity contribution in [1.29, 1.82) is 0 Å². The first-order valence-corrected chi connectivity index (χ1v) is 9.59. The molecule has 2 N–H and O–H groups in total. The lowest BCUT2D eigenvalue weighted by molar-refractivity contribution is -0.153. The molecule has 0 fully saturated rings. The number of hydrogen-bond donors (Lipinski definition) is 2. The lowest BCUT2D eigenvalue weighted by atomic mass is 10.1. The van der Waals surface area contributed by atoms with Crippen LogP contribution in [0.3, 0.4) is 0 Å². The van der Waals surface area contributed by atoms with Gasteiger partial charge in [-0.3, -0.25) is 14.4 Å². The van der Waals surface area contributed by atoms with Crippen molar-refractivity contribution < 1.29 is 23.5 Å². The Balaban J connectivity index is 1.67. The van der Waals surface area contributed by atoms with Gasteiger partial charge in [-0.2, -0.15) is 0 Å². The Hall–Kier alpha value is -4.00. The minimum atomic E-state index is -1.22. The molecule has 0 saturated heterocycles. The first-order valence-electron chi connectivity index (χ1n) is 9.59. The van der Waals surface area contributed by atoms with Crippen LogP contribution in [0.5, 0.6) is 0 Å². The Morgan fingerprint density at radius 2 is 1.55 bits per heavy atom. The Morgan fingerprint density at radius 3 is 2.23 bits per heavy atom. The molecule has 0 radical (unpaired) electrons. The Bertz CT molecular complexity index is 1070. The lowest BCUT2D eigenvalue weighted by Gasteiger charge is -2.18. The quantitative estimate of drug-likeness (QED) is 0.570. The van der Waals surface area contributed by atoms with Gasteiger partial charge in [-0.1, -0.05) is 60.2 Å². The first kappa shape index (κ1) is 21.7. The van der Waals surface area contributed by atoms with Gasteiger partial charge in [0, 0.05) is 11.3 Å². The van der Waals surface area contributed by atoms with Gasteiger partial charge >= 0.3 is 5.97 Å². The van der Waals surface area contributed by atoms with Gasteiger partial charge in [-0.15, -0.1) is 0 Å². The van der Waals surface area contributed by atoms with Crippen LogP contribution in [-0.2, 0) is 14.3 Å². The maximum absolute atomic E-state index is 13.7. The number of nitrogens with one attached hydrogen (secondary N) is 2. The topological polar surface area (TPSA) is 84.5 Å². The predicted molar refractivity (Wildman–Crippen MR) is 114 cm³/mol. The summed E-state index contributed by atoms with van der Waals surface area (Å²) in [5, 5.41) is 5.02. The summed E-state index contributed by atoms with van der Waals surface area (Å²) in [7, 11) is 0. The van der Waals surface area contributed by atoms with E-state index in [0.717, 1.165) is 11.6 Å². The molecule has 0 heterocycles. The van der Waals surface area contributed by atoms with E-state index < -0.39 is 36.2 Å². The molecule has 158 valence electrons. The van der Waals surface area contributed by atoms with Gasteiger partial charge in [-0.25, -0.2) is 4.39 Å². The van der Waals surface area contributed by atoms with Crippen LogP contribution >= 0.6 is 0 Å². The molecule has 6 nitrogen and oxygen atoms in total. The highest BCUT2D eigenvalue weighted by atomic mass is 19.1. The van der Waals surface area contributed by atoms with Gasteiger partial charge in [0.25, 0.3) is 11.8 Å². The molecule has 0 bridgehead atoms. The first-order chi connectivity index (χ1) is 14.9. The third-order valence-corrected chi connectivity index (χ3v) is 4.42. The standard InChI is InChI=1S/C24H21FN2O4/c1-16-11-13-18(14-12-16)27-24(30)22(17-7-3-2-4-8-17)31-21(28)15-26-23(29)19-9-5-6-10-20(19)25/h2-14,22H,15H2,1H3,(H,26,29)(H,27,30). The third kappa shape index (κ3) is 5.99. The molecule has 0 aromatic heterocycles. The van der Waals surface area contributed by atoms with E-state index in [0.29, 0.717) is 11.3 Å². The van der Waals surface area contributed by atoms with Crippen LogP contribution in [0.15, 0.2) is 78.9 Å². The number of ether oxygens (including phenoxy) is 1. The molecule has 1 unspecified atom stereocenters. The van der Waals surface area contributed by atoms with Crippen molar-refractivity contribution in [1.82, 2.24) is 5.32 Å². The van der Waals surface area contributed by atoms with E-state index in [9.17, 15) is 18.8 Å². The van der Waals surface area contributed by atoms with E-state index in [4.69, 9.17) is 4.74 Å². The molecule has 3 aromatic rings. The van der Waals surface area contributed by atoms with Crippen LogP contribution in [0.1, 0.15) is 27.6 Å². The number of benzene rings is 3. The van der Waals surface area contributed by atoms with Gasteiger partial charge in [0.2, 0.25) is 6.10 Å². The molecule has 2 amide bonds. The number of carbonyl (C=O) groups is 3. The van der Waals surface area contributed by atoms with E-state index in [1.54, 1.807) is 42.5 Å². The number of carbonyl (C=O) groups excluding carboxylic acids is 3. The molecule has 3 rings (SSSR count).